The Hall–Kier alpha value is -4.62. The molecule has 6 rings (SSSR count). The number of fused-ring (bicyclic) bond motifs is 2. The first-order chi connectivity index (χ1) is 17.5. The highest BCUT2D eigenvalue weighted by atomic mass is 32.1. The van der Waals surface area contributed by atoms with Crippen LogP contribution >= 0.6 is 11.3 Å². The molecule has 0 unspecified atom stereocenters. The van der Waals surface area contributed by atoms with Gasteiger partial charge in [-0.3, -0.25) is 4.90 Å². The number of aryl methyl sites for hydroxylation is 1. The van der Waals surface area contributed by atoms with Crippen molar-refractivity contribution >= 4 is 55.6 Å². The zero-order valence-electron chi connectivity index (χ0n) is 19.4. The van der Waals surface area contributed by atoms with E-state index in [1.165, 1.54) is 15.0 Å². The van der Waals surface area contributed by atoms with Gasteiger partial charge >= 0.3 is 6.03 Å². The summed E-state index contributed by atoms with van der Waals surface area (Å²) < 4.78 is 7.29. The van der Waals surface area contributed by atoms with Crippen LogP contribution in [0.4, 0.5) is 22.0 Å². The van der Waals surface area contributed by atoms with E-state index >= 15 is 0 Å². The third-order valence-corrected chi connectivity index (χ3v) is 7.20. The van der Waals surface area contributed by atoms with Gasteiger partial charge in [-0.05, 0) is 76.8 Å². The Balaban J connectivity index is 1.42. The number of aromatic nitrogens is 1. The highest BCUT2D eigenvalue weighted by molar-refractivity contribution is 7.17. The lowest BCUT2D eigenvalue weighted by atomic mass is 10.0. The zero-order chi connectivity index (χ0) is 24.8. The maximum absolute atomic E-state index is 12.3. The first-order valence-corrected chi connectivity index (χ1v) is 12.3. The minimum absolute atomic E-state index is 0.400. The number of urea groups is 1. The monoisotopic (exact) mass is 490 g/mol. The Morgan fingerprint density at radius 3 is 2.53 bits per heavy atom. The average molecular weight is 491 g/mol. The fraction of sp³-hybridized carbons (Fsp3) is 0.0345. The van der Waals surface area contributed by atoms with Crippen molar-refractivity contribution in [3.05, 3.63) is 96.2 Å². The van der Waals surface area contributed by atoms with Crippen molar-refractivity contribution < 1.29 is 9.21 Å². The molecular weight excluding hydrogens is 468 g/mol. The lowest BCUT2D eigenvalue weighted by Gasteiger charge is -2.21. The molecule has 0 saturated heterocycles. The number of amides is 2. The molecule has 0 aliphatic rings. The molecule has 0 atom stereocenters. The molecule has 2 amide bonds. The maximum Gasteiger partial charge on any atom is 0.323 e. The molecule has 176 valence electrons. The Labute approximate surface area is 211 Å². The number of benzene rings is 3. The second kappa shape index (κ2) is 8.55. The number of hydrogen-bond donors (Lipinski definition) is 2. The number of rotatable bonds is 4. The van der Waals surface area contributed by atoms with Gasteiger partial charge in [-0.15, -0.1) is 11.3 Å². The first-order valence-electron chi connectivity index (χ1n) is 11.4. The van der Waals surface area contributed by atoms with E-state index in [-0.39, 0.29) is 0 Å². The van der Waals surface area contributed by atoms with Crippen molar-refractivity contribution in [3.63, 3.8) is 0 Å². The van der Waals surface area contributed by atoms with Crippen molar-refractivity contribution in [2.45, 2.75) is 6.92 Å². The van der Waals surface area contributed by atoms with Crippen LogP contribution in [0.3, 0.4) is 0 Å². The Morgan fingerprint density at radius 2 is 1.75 bits per heavy atom. The number of nitrogen functional groups attached to an aromatic ring is 1. The predicted molar refractivity (Wildman–Crippen MR) is 148 cm³/mol. The summed E-state index contributed by atoms with van der Waals surface area (Å²) in [4.78, 5) is 18.3. The van der Waals surface area contributed by atoms with E-state index in [1.807, 2.05) is 55.5 Å². The van der Waals surface area contributed by atoms with Crippen LogP contribution in [0.5, 0.6) is 0 Å². The van der Waals surface area contributed by atoms with Gasteiger partial charge in [0.1, 0.15) is 11.4 Å². The van der Waals surface area contributed by atoms with Gasteiger partial charge in [0.05, 0.1) is 23.0 Å². The molecule has 6 aromatic rings. The van der Waals surface area contributed by atoms with Gasteiger partial charge in [-0.25, -0.2) is 9.78 Å². The van der Waals surface area contributed by atoms with Gasteiger partial charge in [-0.2, -0.15) is 0 Å². The number of pyridine rings is 1. The average Bonchev–Trinajstić information content (AvgIpc) is 3.52. The normalized spacial score (nSPS) is 11.2. The molecule has 6 nitrogen and oxygen atoms in total. The summed E-state index contributed by atoms with van der Waals surface area (Å²) in [6.07, 6.45) is 3.46. The molecular formula is C29H22N4O2S. The molecule has 0 saturated carbocycles. The summed E-state index contributed by atoms with van der Waals surface area (Å²) in [6.45, 7) is 1.97. The molecule has 0 fully saturated rings. The summed E-state index contributed by atoms with van der Waals surface area (Å²) in [5.41, 5.74) is 18.8. The molecule has 3 heterocycles. The maximum atomic E-state index is 12.3. The number of anilines is 3. The van der Waals surface area contributed by atoms with E-state index in [2.05, 4.69) is 34.6 Å². The van der Waals surface area contributed by atoms with Gasteiger partial charge in [0, 0.05) is 22.0 Å². The third kappa shape index (κ3) is 3.66. The van der Waals surface area contributed by atoms with E-state index in [1.54, 1.807) is 23.8 Å². The van der Waals surface area contributed by atoms with Crippen LogP contribution in [-0.4, -0.2) is 11.0 Å². The van der Waals surface area contributed by atoms with Crippen LogP contribution in [0, 0.1) is 6.92 Å². The number of nitrogens with zero attached hydrogens (tertiary/aromatic N) is 2. The number of thiophene rings is 1. The molecule has 7 heteroatoms. The smallest absolute Gasteiger partial charge is 0.323 e. The van der Waals surface area contributed by atoms with Gasteiger partial charge in [0.25, 0.3) is 0 Å². The highest BCUT2D eigenvalue weighted by Gasteiger charge is 2.19. The highest BCUT2D eigenvalue weighted by Crippen LogP contribution is 2.40. The first kappa shape index (κ1) is 21.9. The van der Waals surface area contributed by atoms with Crippen molar-refractivity contribution in [1.82, 2.24) is 4.98 Å². The van der Waals surface area contributed by atoms with Gasteiger partial charge in [0.2, 0.25) is 0 Å². The molecule has 0 aliphatic carbocycles. The topological polar surface area (TPSA) is 98.4 Å². The van der Waals surface area contributed by atoms with E-state index in [4.69, 9.17) is 15.9 Å². The van der Waals surface area contributed by atoms with Crippen molar-refractivity contribution in [1.29, 1.82) is 0 Å². The number of hydrogen-bond acceptors (Lipinski definition) is 5. The standard InChI is InChI=1S/C29H22N4O2S/c1-17-3-2-4-22(13-17)33(29(31)34)21-8-5-18(6-9-21)24-16-35-27-23(15-32-28(30)26(24)27)19-7-10-25-20(14-19)11-12-36-25/h2-16H,1H3,(H2,30,32)(H2,31,34). The number of carbonyl (C=O) groups excluding carboxylic acids is 1. The summed E-state index contributed by atoms with van der Waals surface area (Å²) in [6, 6.07) is 23.1. The number of primary amides is 1. The van der Waals surface area contributed by atoms with Gasteiger partial charge < -0.3 is 15.9 Å². The summed E-state index contributed by atoms with van der Waals surface area (Å²) in [5, 5.41) is 4.02. The molecule has 4 N–H and O–H groups in total. The molecule has 36 heavy (non-hydrogen) atoms. The predicted octanol–water partition coefficient (Wildman–Crippen LogP) is 7.48. The van der Waals surface area contributed by atoms with Crippen LogP contribution in [-0.2, 0) is 0 Å². The SMILES string of the molecule is Cc1cccc(N(C(N)=O)c2ccc(-c3coc4c(-c5ccc6sccc6c5)cnc(N)c34)cc2)c1. The van der Waals surface area contributed by atoms with Crippen molar-refractivity contribution in [2.75, 3.05) is 10.6 Å². The van der Waals surface area contributed by atoms with Gasteiger partial charge in [0.15, 0.2) is 0 Å². The van der Waals surface area contributed by atoms with Crippen molar-refractivity contribution in [2.24, 2.45) is 5.73 Å². The van der Waals surface area contributed by atoms with Crippen LogP contribution < -0.4 is 16.4 Å². The minimum Gasteiger partial charge on any atom is -0.463 e. The Bertz CT molecular complexity index is 1750. The van der Waals surface area contributed by atoms with E-state index < -0.39 is 6.03 Å². The second-order valence-electron chi connectivity index (χ2n) is 8.64. The minimum atomic E-state index is -0.553. The Kier molecular flexibility index (Phi) is 5.20. The summed E-state index contributed by atoms with van der Waals surface area (Å²) in [5.74, 6) is 0.400. The largest absolute Gasteiger partial charge is 0.463 e. The molecule has 0 radical (unpaired) electrons. The molecule has 0 spiro atoms. The lowest BCUT2D eigenvalue weighted by molar-refractivity contribution is 0.256. The van der Waals surface area contributed by atoms with Crippen LogP contribution in [0.2, 0.25) is 0 Å². The van der Waals surface area contributed by atoms with Crippen LogP contribution in [0.1, 0.15) is 5.56 Å². The number of carbonyl (C=O) groups is 1. The molecule has 0 bridgehead atoms. The molecule has 3 aromatic heterocycles. The van der Waals surface area contributed by atoms with Crippen LogP contribution in [0.25, 0.3) is 43.3 Å². The second-order valence-corrected chi connectivity index (χ2v) is 9.59. The quantitative estimate of drug-likeness (QED) is 0.267. The number of furan rings is 1. The van der Waals surface area contributed by atoms with Crippen molar-refractivity contribution in [3.8, 4) is 22.3 Å². The third-order valence-electron chi connectivity index (χ3n) is 6.30. The van der Waals surface area contributed by atoms with E-state index in [0.29, 0.717) is 22.8 Å². The zero-order valence-corrected chi connectivity index (χ0v) is 20.3. The molecule has 0 aliphatic heterocycles. The summed E-state index contributed by atoms with van der Waals surface area (Å²) >= 11 is 1.71. The fourth-order valence-corrected chi connectivity index (χ4v) is 5.35. The lowest BCUT2D eigenvalue weighted by Crippen LogP contribution is -2.31. The Morgan fingerprint density at radius 1 is 0.944 bits per heavy atom. The summed E-state index contributed by atoms with van der Waals surface area (Å²) in [7, 11) is 0. The van der Waals surface area contributed by atoms with Crippen LogP contribution in [0.15, 0.2) is 95.1 Å². The number of nitrogens with two attached hydrogens (primary N) is 2. The molecule has 3 aromatic carbocycles. The van der Waals surface area contributed by atoms with E-state index in [9.17, 15) is 4.79 Å². The van der Waals surface area contributed by atoms with Gasteiger partial charge in [-0.1, -0.05) is 30.3 Å². The van der Waals surface area contributed by atoms with E-state index in [0.717, 1.165) is 33.2 Å². The fourth-order valence-electron chi connectivity index (χ4n) is 4.58.